The second-order valence-corrected chi connectivity index (χ2v) is 4.58. The third kappa shape index (κ3) is 18.8. The van der Waals surface area contributed by atoms with Crippen LogP contribution in [0.3, 0.4) is 0 Å². The summed E-state index contributed by atoms with van der Waals surface area (Å²) in [5.74, 6) is -12.4. The Morgan fingerprint density at radius 3 is 0.438 bits per heavy atom. The minimum Gasteiger partial charge on any atom is -0.547 e. The van der Waals surface area contributed by atoms with Gasteiger partial charge in [-0.3, -0.25) is 0 Å². The number of hydrogen-bond donors (Lipinski definition) is 6. The van der Waals surface area contributed by atoms with Crippen molar-refractivity contribution in [2.24, 2.45) is 0 Å². The van der Waals surface area contributed by atoms with Crippen molar-refractivity contribution in [3.63, 3.8) is 0 Å². The van der Waals surface area contributed by atoms with Crippen molar-refractivity contribution >= 4 is 35.8 Å². The summed E-state index contributed by atoms with van der Waals surface area (Å²) in [5, 5.41) is 107. The number of hydrogen-bond acceptors (Lipinski definition) is 18. The summed E-state index contributed by atoms with van der Waals surface area (Å²) in [4.78, 5) is 57.8. The Kier molecular flexibility index (Phi) is 27.1. The van der Waals surface area contributed by atoms with Crippen molar-refractivity contribution in [1.82, 2.24) is 0 Å². The minimum absolute atomic E-state index is 0. The number of carbonyl (C=O) groups excluding carboxylic acids is 6. The number of aliphatic hydroxyl groups excluding tert-OH is 6. The summed E-state index contributed by atoms with van der Waals surface area (Å²) in [6.45, 7) is 0. The molecule has 0 aliphatic carbocycles. The summed E-state index contributed by atoms with van der Waals surface area (Å²) in [5.41, 5.74) is 0. The zero-order valence-electron chi connectivity index (χ0n) is 15.2. The van der Waals surface area contributed by atoms with E-state index in [9.17, 15) is 59.4 Å². The van der Waals surface area contributed by atoms with Crippen LogP contribution in [0.4, 0.5) is 0 Å². The maximum atomic E-state index is 9.63. The van der Waals surface area contributed by atoms with Gasteiger partial charge in [0.1, 0.15) is 36.6 Å². The number of carboxylic acid groups (broad SMARTS) is 6. The molecule has 0 heterocycles. The van der Waals surface area contributed by atoms with E-state index < -0.39 is 72.4 Å². The van der Waals surface area contributed by atoms with Gasteiger partial charge in [-0.15, -0.1) is 0 Å². The summed E-state index contributed by atoms with van der Waals surface area (Å²) in [7, 11) is 0. The fourth-order valence-electron chi connectivity index (χ4n) is 0.773. The van der Waals surface area contributed by atoms with Crippen LogP contribution in [0.2, 0.25) is 0 Å². The van der Waals surface area contributed by atoms with Gasteiger partial charge in [0.2, 0.25) is 0 Å². The van der Waals surface area contributed by atoms with Crippen molar-refractivity contribution in [1.29, 1.82) is 0 Å². The molecular weight excluding hydrogens is 714 g/mol. The zero-order valence-corrected chi connectivity index (χ0v) is 22.6. The number of aliphatic hydroxyl groups is 6. The van der Waals surface area contributed by atoms with Gasteiger partial charge in [-0.25, -0.2) is 0 Å². The number of aliphatic carboxylic acids is 6. The number of rotatable bonds is 9. The van der Waals surface area contributed by atoms with Crippen molar-refractivity contribution in [3.8, 4) is 0 Å². The van der Waals surface area contributed by atoms with Gasteiger partial charge in [0.25, 0.3) is 0 Å². The zero-order chi connectivity index (χ0) is 24.9. The van der Waals surface area contributed by atoms with Crippen LogP contribution in [0.25, 0.3) is 0 Å². The van der Waals surface area contributed by atoms with Gasteiger partial charge in [-0.05, 0) is 0 Å². The Bertz CT molecular complexity index is 498. The SMILES string of the molecule is O=C([O-])C(O)C(O)C(=O)[O-].O=C([O-])C(O)C(O)C(=O)[O-].O=C([O-])C(O)C(O)C(=O)[O-].[Pr+3].[Pr+3]. The molecule has 174 valence electrons. The monoisotopic (exact) mass is 726 g/mol. The molecule has 0 radical (unpaired) electrons. The van der Waals surface area contributed by atoms with E-state index in [0.29, 0.717) is 0 Å². The Morgan fingerprint density at radius 1 is 0.344 bits per heavy atom. The van der Waals surface area contributed by atoms with E-state index >= 15 is 0 Å². The number of carbonyl (C=O) groups is 6. The van der Waals surface area contributed by atoms with Crippen LogP contribution in [0.1, 0.15) is 0 Å². The molecule has 0 bridgehead atoms. The predicted octanol–water partition coefficient (Wildman–Crippen LogP) is -14.4. The maximum Gasteiger partial charge on any atom is 3.00 e. The van der Waals surface area contributed by atoms with E-state index in [0.717, 1.165) is 0 Å². The minimum atomic E-state index is -2.44. The normalized spacial score (nSPS) is 14.8. The van der Waals surface area contributed by atoms with E-state index in [2.05, 4.69) is 0 Å². The van der Waals surface area contributed by atoms with Crippen LogP contribution >= 0.6 is 0 Å². The largest absolute Gasteiger partial charge is 3.00 e. The summed E-state index contributed by atoms with van der Waals surface area (Å²) in [6, 6.07) is 0. The maximum absolute atomic E-state index is 9.63. The Hall–Kier alpha value is -0.693. The van der Waals surface area contributed by atoms with Gasteiger partial charge in [0, 0.05) is 0 Å². The summed E-state index contributed by atoms with van der Waals surface area (Å²) < 4.78 is 0. The Balaban J connectivity index is -0.000000110. The molecule has 18 nitrogen and oxygen atoms in total. The summed E-state index contributed by atoms with van der Waals surface area (Å²) >= 11 is 0. The molecule has 0 saturated heterocycles. The molecule has 0 fully saturated rings. The van der Waals surface area contributed by atoms with Gasteiger partial charge in [0.15, 0.2) is 0 Å². The molecule has 32 heavy (non-hydrogen) atoms. The first kappa shape index (κ1) is 41.6. The van der Waals surface area contributed by atoms with Crippen LogP contribution in [0.15, 0.2) is 0 Å². The Labute approximate surface area is 242 Å². The van der Waals surface area contributed by atoms with Gasteiger partial charge in [-0.2, -0.15) is 0 Å². The van der Waals surface area contributed by atoms with Gasteiger partial charge < -0.3 is 90.0 Å². The van der Waals surface area contributed by atoms with Crippen LogP contribution in [0, 0.1) is 82.6 Å². The fraction of sp³-hybridized carbons (Fsp3) is 0.500. The second kappa shape index (κ2) is 20.9. The van der Waals surface area contributed by atoms with E-state index in [-0.39, 0.29) is 82.6 Å². The molecule has 6 N–H and O–H groups in total. The molecule has 6 unspecified atom stereocenters. The summed E-state index contributed by atoms with van der Waals surface area (Å²) in [6.07, 6.45) is -14.6. The first-order valence-electron chi connectivity index (χ1n) is 6.73. The van der Waals surface area contributed by atoms with Crippen LogP contribution < -0.4 is 30.6 Å². The molecule has 0 rings (SSSR count). The average molecular weight is 726 g/mol. The molecule has 6 atom stereocenters. The third-order valence-electron chi connectivity index (χ3n) is 2.35. The Morgan fingerprint density at radius 2 is 0.406 bits per heavy atom. The molecule has 0 aliphatic rings. The van der Waals surface area contributed by atoms with Gasteiger partial charge in [-0.1, -0.05) is 0 Å². The van der Waals surface area contributed by atoms with Crippen LogP contribution in [-0.2, 0) is 28.8 Å². The molecular formula is C12H12O18Pr2. The van der Waals surface area contributed by atoms with Crippen LogP contribution in [0.5, 0.6) is 0 Å². The van der Waals surface area contributed by atoms with Crippen molar-refractivity contribution in [2.75, 3.05) is 0 Å². The van der Waals surface area contributed by atoms with Gasteiger partial charge in [0.05, 0.1) is 35.8 Å². The molecule has 20 heteroatoms. The van der Waals surface area contributed by atoms with Crippen molar-refractivity contribution < 1.29 is 173 Å². The van der Waals surface area contributed by atoms with Crippen molar-refractivity contribution in [2.45, 2.75) is 36.6 Å². The second-order valence-electron chi connectivity index (χ2n) is 4.58. The molecule has 0 spiro atoms. The first-order valence-corrected chi connectivity index (χ1v) is 6.73. The predicted molar refractivity (Wildman–Crippen MR) is 66.1 cm³/mol. The topological polar surface area (TPSA) is 362 Å². The smallest absolute Gasteiger partial charge is 0.547 e. The van der Waals surface area contributed by atoms with Crippen molar-refractivity contribution in [3.05, 3.63) is 0 Å². The van der Waals surface area contributed by atoms with E-state index in [4.69, 9.17) is 30.6 Å². The molecule has 0 aliphatic heterocycles. The third-order valence-corrected chi connectivity index (χ3v) is 2.35. The standard InChI is InChI=1S/3C4H6O6.2Pr/c3*5-1(3(7)8)2(6)4(9)10;;/h3*1-2,5-6H,(H,7,8)(H,9,10);;/q;;;2*+3/p-6. The fourth-order valence-corrected chi connectivity index (χ4v) is 0.773. The first-order chi connectivity index (χ1) is 13.4. The van der Waals surface area contributed by atoms with E-state index in [1.54, 1.807) is 0 Å². The van der Waals surface area contributed by atoms with Crippen LogP contribution in [-0.4, -0.2) is 103 Å². The van der Waals surface area contributed by atoms with E-state index in [1.165, 1.54) is 0 Å². The molecule has 0 aromatic carbocycles. The number of carboxylic acids is 6. The molecule has 0 amide bonds. The van der Waals surface area contributed by atoms with E-state index in [1.807, 2.05) is 0 Å². The van der Waals surface area contributed by atoms with Gasteiger partial charge >= 0.3 is 82.6 Å². The molecule has 0 saturated carbocycles. The molecule has 0 aromatic rings. The average Bonchev–Trinajstić information content (AvgIpc) is 2.64. The quantitative estimate of drug-likeness (QED) is 0.128. The molecule has 0 aromatic heterocycles.